The van der Waals surface area contributed by atoms with E-state index >= 15 is 0 Å². The van der Waals surface area contributed by atoms with Crippen molar-refractivity contribution in [2.24, 2.45) is 5.73 Å². The van der Waals surface area contributed by atoms with Crippen molar-refractivity contribution in [1.29, 1.82) is 0 Å². The number of methoxy groups -OCH3 is 1. The first-order valence-corrected chi connectivity index (χ1v) is 7.09. The molecular weight excluding hydrogens is 262 g/mol. The van der Waals surface area contributed by atoms with Crippen molar-refractivity contribution in [3.63, 3.8) is 0 Å². The number of fused-ring (bicyclic) bond motifs is 1. The summed E-state index contributed by atoms with van der Waals surface area (Å²) in [5.74, 6) is 1.91. The third-order valence-electron chi connectivity index (χ3n) is 3.60. The molecule has 1 aromatic carbocycles. The van der Waals surface area contributed by atoms with Gasteiger partial charge < -0.3 is 14.9 Å². The van der Waals surface area contributed by atoms with Crippen LogP contribution in [0.4, 0.5) is 0 Å². The third-order valence-corrected chi connectivity index (χ3v) is 3.60. The van der Waals surface area contributed by atoms with Crippen molar-refractivity contribution >= 4 is 5.52 Å². The standard InChI is InChI=1S/C17H19N3O/c1-21-14-7-5-13(6-8-14)12-17-19-15(9-10-18)16-4-2-3-11-20(16)17/h2-8,11H,9-10,12,18H2,1H3. The summed E-state index contributed by atoms with van der Waals surface area (Å²) in [5.41, 5.74) is 9.11. The lowest BCUT2D eigenvalue weighted by atomic mass is 10.1. The SMILES string of the molecule is COc1ccc(Cc2nc(CCN)c3ccccn23)cc1. The zero-order valence-corrected chi connectivity index (χ0v) is 12.1. The maximum atomic E-state index is 5.68. The second-order valence-corrected chi connectivity index (χ2v) is 4.99. The molecule has 3 aromatic rings. The molecule has 4 heteroatoms. The summed E-state index contributed by atoms with van der Waals surface area (Å²) in [4.78, 5) is 4.77. The van der Waals surface area contributed by atoms with Crippen LogP contribution in [0.3, 0.4) is 0 Å². The van der Waals surface area contributed by atoms with Crippen molar-refractivity contribution in [1.82, 2.24) is 9.38 Å². The van der Waals surface area contributed by atoms with E-state index in [9.17, 15) is 0 Å². The van der Waals surface area contributed by atoms with Crippen LogP contribution in [0.15, 0.2) is 48.7 Å². The molecule has 3 rings (SSSR count). The highest BCUT2D eigenvalue weighted by molar-refractivity contribution is 5.53. The molecule has 0 spiro atoms. The molecule has 2 aromatic heterocycles. The number of pyridine rings is 1. The second-order valence-electron chi connectivity index (χ2n) is 4.99. The van der Waals surface area contributed by atoms with Gasteiger partial charge in [0.05, 0.1) is 18.3 Å². The van der Waals surface area contributed by atoms with E-state index < -0.39 is 0 Å². The number of benzene rings is 1. The molecule has 0 aliphatic rings. The topological polar surface area (TPSA) is 52.5 Å². The van der Waals surface area contributed by atoms with Gasteiger partial charge in [-0.1, -0.05) is 18.2 Å². The number of ether oxygens (including phenoxy) is 1. The summed E-state index contributed by atoms with van der Waals surface area (Å²) in [5, 5.41) is 0. The Hall–Kier alpha value is -2.33. The molecule has 0 saturated carbocycles. The van der Waals surface area contributed by atoms with E-state index in [1.807, 2.05) is 24.3 Å². The minimum atomic E-state index is 0.615. The molecule has 0 aliphatic heterocycles. The smallest absolute Gasteiger partial charge is 0.118 e. The van der Waals surface area contributed by atoms with Crippen molar-refractivity contribution in [2.45, 2.75) is 12.8 Å². The van der Waals surface area contributed by atoms with Crippen LogP contribution in [-0.4, -0.2) is 23.0 Å². The van der Waals surface area contributed by atoms with Crippen LogP contribution >= 0.6 is 0 Å². The molecule has 2 N–H and O–H groups in total. The van der Waals surface area contributed by atoms with Gasteiger partial charge in [0, 0.05) is 19.0 Å². The summed E-state index contributed by atoms with van der Waals surface area (Å²) < 4.78 is 7.34. The van der Waals surface area contributed by atoms with Gasteiger partial charge in [-0.3, -0.25) is 0 Å². The fourth-order valence-electron chi connectivity index (χ4n) is 2.54. The second kappa shape index (κ2) is 5.97. The normalized spacial score (nSPS) is 11.0. The largest absolute Gasteiger partial charge is 0.497 e. The van der Waals surface area contributed by atoms with Crippen molar-refractivity contribution in [3.05, 3.63) is 65.7 Å². The van der Waals surface area contributed by atoms with Crippen LogP contribution < -0.4 is 10.5 Å². The lowest BCUT2D eigenvalue weighted by Crippen LogP contribution is -2.03. The molecule has 4 nitrogen and oxygen atoms in total. The Morgan fingerprint density at radius 2 is 1.95 bits per heavy atom. The number of hydrogen-bond acceptors (Lipinski definition) is 3. The molecule has 108 valence electrons. The van der Waals surface area contributed by atoms with E-state index in [0.717, 1.165) is 35.6 Å². The zero-order chi connectivity index (χ0) is 14.7. The lowest BCUT2D eigenvalue weighted by molar-refractivity contribution is 0.414. The van der Waals surface area contributed by atoms with Crippen LogP contribution in [0.25, 0.3) is 5.52 Å². The van der Waals surface area contributed by atoms with Crippen LogP contribution in [0.1, 0.15) is 17.1 Å². The van der Waals surface area contributed by atoms with Crippen molar-refractivity contribution in [2.75, 3.05) is 13.7 Å². The van der Waals surface area contributed by atoms with Gasteiger partial charge in [0.25, 0.3) is 0 Å². The molecular formula is C17H19N3O. The van der Waals surface area contributed by atoms with E-state index in [1.165, 1.54) is 5.56 Å². The highest BCUT2D eigenvalue weighted by Gasteiger charge is 2.10. The molecule has 0 fully saturated rings. The Labute approximate surface area is 124 Å². The Morgan fingerprint density at radius 1 is 1.14 bits per heavy atom. The monoisotopic (exact) mass is 281 g/mol. The average Bonchev–Trinajstić information content (AvgIpc) is 2.87. The number of nitrogens with zero attached hydrogens (tertiary/aromatic N) is 2. The van der Waals surface area contributed by atoms with Crippen molar-refractivity contribution in [3.8, 4) is 5.75 Å². The Morgan fingerprint density at radius 3 is 2.67 bits per heavy atom. The summed E-state index contributed by atoms with van der Waals surface area (Å²) >= 11 is 0. The number of rotatable bonds is 5. The Bertz CT molecular complexity index is 731. The number of imidazole rings is 1. The fraction of sp³-hybridized carbons (Fsp3) is 0.235. The molecule has 0 saturated heterocycles. The quantitative estimate of drug-likeness (QED) is 0.781. The maximum Gasteiger partial charge on any atom is 0.118 e. The first-order valence-electron chi connectivity index (χ1n) is 7.09. The van der Waals surface area contributed by atoms with Crippen LogP contribution in [0, 0.1) is 0 Å². The Kier molecular flexibility index (Phi) is 3.88. The molecule has 0 aliphatic carbocycles. The predicted molar refractivity (Wildman–Crippen MR) is 83.8 cm³/mol. The van der Waals surface area contributed by atoms with Gasteiger partial charge >= 0.3 is 0 Å². The van der Waals surface area contributed by atoms with Crippen LogP contribution in [-0.2, 0) is 12.8 Å². The zero-order valence-electron chi connectivity index (χ0n) is 12.1. The van der Waals surface area contributed by atoms with Crippen LogP contribution in [0.2, 0.25) is 0 Å². The van der Waals surface area contributed by atoms with Crippen molar-refractivity contribution < 1.29 is 4.74 Å². The molecule has 0 unspecified atom stereocenters. The number of hydrogen-bond donors (Lipinski definition) is 1. The first-order chi connectivity index (χ1) is 10.3. The van der Waals surface area contributed by atoms with Gasteiger partial charge in [0.15, 0.2) is 0 Å². The van der Waals surface area contributed by atoms with Gasteiger partial charge in [-0.05, 0) is 36.4 Å². The number of nitrogens with two attached hydrogens (primary N) is 1. The van der Waals surface area contributed by atoms with Gasteiger partial charge in [-0.15, -0.1) is 0 Å². The van der Waals surface area contributed by atoms with E-state index in [1.54, 1.807) is 7.11 Å². The minimum absolute atomic E-state index is 0.615. The van der Waals surface area contributed by atoms with Crippen LogP contribution in [0.5, 0.6) is 5.75 Å². The van der Waals surface area contributed by atoms with E-state index in [2.05, 4.69) is 28.8 Å². The first kappa shape index (κ1) is 13.6. The summed E-state index contributed by atoms with van der Waals surface area (Å²) in [7, 11) is 1.68. The molecule has 2 heterocycles. The highest BCUT2D eigenvalue weighted by atomic mass is 16.5. The van der Waals surface area contributed by atoms with Gasteiger partial charge in [0.1, 0.15) is 11.6 Å². The summed E-state index contributed by atoms with van der Waals surface area (Å²) in [6.45, 7) is 0.615. The van der Waals surface area contributed by atoms with Gasteiger partial charge in [-0.25, -0.2) is 4.98 Å². The Balaban J connectivity index is 1.95. The predicted octanol–water partition coefficient (Wildman–Crippen LogP) is 2.43. The summed E-state index contributed by atoms with van der Waals surface area (Å²) in [6.07, 6.45) is 3.65. The molecule has 0 atom stereocenters. The summed E-state index contributed by atoms with van der Waals surface area (Å²) in [6, 6.07) is 14.3. The number of aromatic nitrogens is 2. The maximum absolute atomic E-state index is 5.68. The van der Waals surface area contributed by atoms with E-state index in [-0.39, 0.29) is 0 Å². The van der Waals surface area contributed by atoms with Gasteiger partial charge in [-0.2, -0.15) is 0 Å². The molecule has 21 heavy (non-hydrogen) atoms. The minimum Gasteiger partial charge on any atom is -0.497 e. The lowest BCUT2D eigenvalue weighted by Gasteiger charge is -2.03. The van der Waals surface area contributed by atoms with E-state index in [4.69, 9.17) is 15.5 Å². The van der Waals surface area contributed by atoms with Gasteiger partial charge in [0.2, 0.25) is 0 Å². The molecule has 0 amide bonds. The highest BCUT2D eigenvalue weighted by Crippen LogP contribution is 2.18. The van der Waals surface area contributed by atoms with E-state index in [0.29, 0.717) is 6.54 Å². The average molecular weight is 281 g/mol. The third kappa shape index (κ3) is 2.76. The fourth-order valence-corrected chi connectivity index (χ4v) is 2.54. The molecule has 0 radical (unpaired) electrons. The molecule has 0 bridgehead atoms.